The maximum Gasteiger partial charge on any atom is 0.254 e. The largest absolute Gasteiger partial charge is 0.492 e. The van der Waals surface area contributed by atoms with Gasteiger partial charge in [0.25, 0.3) is 5.91 Å². The smallest absolute Gasteiger partial charge is 0.254 e. The number of hydrogen-bond donors (Lipinski definition) is 0. The van der Waals surface area contributed by atoms with Gasteiger partial charge in [0.1, 0.15) is 5.75 Å². The molecule has 42 heavy (non-hydrogen) atoms. The molecule has 0 N–H and O–H groups in total. The number of benzene rings is 3. The highest BCUT2D eigenvalue weighted by molar-refractivity contribution is 6.31. The number of carbonyl (C=O) groups is 2. The minimum Gasteiger partial charge on any atom is -0.492 e. The lowest BCUT2D eigenvalue weighted by atomic mass is 10.1. The molecular formula is C34H41ClN4O3. The number of carbonyl (C=O) groups excluding carboxylic acids is 2. The number of hydrogen-bond acceptors (Lipinski definition) is 5. The SMILES string of the molecule is CCOc1ccc(C(=O)N2CCN(Cc3ccccc3)CCCN(C(C)=O)c3cc(Cl)ccc3C2)cc1N1CCCC1. The van der Waals surface area contributed by atoms with Crippen LogP contribution in [0.4, 0.5) is 11.4 Å². The molecule has 0 aromatic heterocycles. The summed E-state index contributed by atoms with van der Waals surface area (Å²) >= 11 is 6.43. The van der Waals surface area contributed by atoms with E-state index in [-0.39, 0.29) is 11.8 Å². The summed E-state index contributed by atoms with van der Waals surface area (Å²) in [4.78, 5) is 35.6. The highest BCUT2D eigenvalue weighted by atomic mass is 35.5. The Labute approximate surface area is 254 Å². The van der Waals surface area contributed by atoms with Gasteiger partial charge in [-0.3, -0.25) is 14.5 Å². The third kappa shape index (κ3) is 7.26. The third-order valence-electron chi connectivity index (χ3n) is 8.11. The van der Waals surface area contributed by atoms with Gasteiger partial charge in [0.15, 0.2) is 0 Å². The number of anilines is 2. The van der Waals surface area contributed by atoms with Crippen molar-refractivity contribution in [2.24, 2.45) is 0 Å². The lowest BCUT2D eigenvalue weighted by molar-refractivity contribution is -0.116. The molecule has 0 spiro atoms. The van der Waals surface area contributed by atoms with Gasteiger partial charge >= 0.3 is 0 Å². The zero-order valence-corrected chi connectivity index (χ0v) is 25.5. The van der Waals surface area contributed by atoms with E-state index in [1.54, 1.807) is 11.8 Å². The predicted molar refractivity (Wildman–Crippen MR) is 170 cm³/mol. The Hall–Kier alpha value is -3.55. The molecule has 2 aliphatic rings. The zero-order valence-electron chi connectivity index (χ0n) is 24.7. The minimum absolute atomic E-state index is 0.0346. The van der Waals surface area contributed by atoms with Crippen LogP contribution in [0.5, 0.6) is 5.75 Å². The van der Waals surface area contributed by atoms with Crippen LogP contribution in [0.25, 0.3) is 0 Å². The van der Waals surface area contributed by atoms with E-state index in [4.69, 9.17) is 16.3 Å². The van der Waals surface area contributed by atoms with Crippen LogP contribution in [0.1, 0.15) is 54.6 Å². The molecule has 1 fully saturated rings. The van der Waals surface area contributed by atoms with Gasteiger partial charge in [-0.25, -0.2) is 0 Å². The molecule has 0 bridgehead atoms. The first-order chi connectivity index (χ1) is 20.4. The van der Waals surface area contributed by atoms with E-state index in [9.17, 15) is 9.59 Å². The fraction of sp³-hybridized carbons (Fsp3) is 0.412. The Morgan fingerprint density at radius 1 is 0.833 bits per heavy atom. The van der Waals surface area contributed by atoms with Crippen LogP contribution in [0.15, 0.2) is 66.7 Å². The molecule has 0 aliphatic carbocycles. The van der Waals surface area contributed by atoms with Gasteiger partial charge in [-0.15, -0.1) is 0 Å². The lowest BCUT2D eigenvalue weighted by Crippen LogP contribution is -2.38. The molecule has 0 atom stereocenters. The molecule has 3 aromatic carbocycles. The molecule has 2 heterocycles. The maximum atomic E-state index is 14.3. The molecule has 1 saturated heterocycles. The van der Waals surface area contributed by atoms with Crippen LogP contribution in [0.2, 0.25) is 5.02 Å². The number of nitrogens with zero attached hydrogens (tertiary/aromatic N) is 4. The Kier molecular flexibility index (Phi) is 10.0. The predicted octanol–water partition coefficient (Wildman–Crippen LogP) is 6.24. The van der Waals surface area contributed by atoms with Crippen molar-refractivity contribution in [3.63, 3.8) is 0 Å². The lowest BCUT2D eigenvalue weighted by Gasteiger charge is -2.29. The van der Waals surface area contributed by atoms with Crippen molar-refractivity contribution in [3.8, 4) is 5.75 Å². The monoisotopic (exact) mass is 588 g/mol. The van der Waals surface area contributed by atoms with Crippen molar-refractivity contribution in [1.29, 1.82) is 0 Å². The second-order valence-electron chi connectivity index (χ2n) is 11.1. The molecule has 0 unspecified atom stereocenters. The van der Waals surface area contributed by atoms with Crippen LogP contribution in [0, 0.1) is 0 Å². The zero-order chi connectivity index (χ0) is 29.5. The van der Waals surface area contributed by atoms with E-state index in [0.29, 0.717) is 36.8 Å². The molecule has 2 aliphatic heterocycles. The Morgan fingerprint density at radius 3 is 2.36 bits per heavy atom. The van der Waals surface area contributed by atoms with Gasteiger partial charge in [0.2, 0.25) is 5.91 Å². The molecule has 2 amide bonds. The summed E-state index contributed by atoms with van der Waals surface area (Å²) < 4.78 is 5.95. The molecule has 222 valence electrons. The van der Waals surface area contributed by atoms with Crippen molar-refractivity contribution < 1.29 is 14.3 Å². The maximum absolute atomic E-state index is 14.3. The first kappa shape index (κ1) is 29.9. The Bertz CT molecular complexity index is 1380. The first-order valence-corrected chi connectivity index (χ1v) is 15.4. The molecule has 0 radical (unpaired) electrons. The van der Waals surface area contributed by atoms with Crippen molar-refractivity contribution in [1.82, 2.24) is 9.80 Å². The van der Waals surface area contributed by atoms with Gasteiger partial charge in [-0.2, -0.15) is 0 Å². The average molecular weight is 589 g/mol. The second kappa shape index (κ2) is 14.1. The Morgan fingerprint density at radius 2 is 1.62 bits per heavy atom. The summed E-state index contributed by atoms with van der Waals surface area (Å²) in [5.74, 6) is 0.749. The highest BCUT2D eigenvalue weighted by Crippen LogP contribution is 2.33. The summed E-state index contributed by atoms with van der Waals surface area (Å²) in [5, 5.41) is 0.570. The van der Waals surface area contributed by atoms with E-state index >= 15 is 0 Å². The van der Waals surface area contributed by atoms with E-state index in [1.165, 1.54) is 5.56 Å². The molecule has 0 saturated carbocycles. The molecule has 3 aromatic rings. The molecular weight excluding hydrogens is 548 g/mol. The summed E-state index contributed by atoms with van der Waals surface area (Å²) in [6, 6.07) is 21.8. The fourth-order valence-corrected chi connectivity index (χ4v) is 6.14. The van der Waals surface area contributed by atoms with Crippen LogP contribution >= 0.6 is 11.6 Å². The van der Waals surface area contributed by atoms with Crippen LogP contribution in [-0.2, 0) is 17.9 Å². The number of fused-ring (bicyclic) bond motifs is 1. The van der Waals surface area contributed by atoms with Gasteiger partial charge in [0.05, 0.1) is 18.0 Å². The van der Waals surface area contributed by atoms with Gasteiger partial charge in [-0.05, 0) is 67.6 Å². The van der Waals surface area contributed by atoms with Crippen LogP contribution in [0.3, 0.4) is 0 Å². The van der Waals surface area contributed by atoms with Crippen LogP contribution < -0.4 is 14.5 Å². The molecule has 7 nitrogen and oxygen atoms in total. The minimum atomic E-state index is -0.0352. The summed E-state index contributed by atoms with van der Waals surface area (Å²) in [7, 11) is 0. The molecule has 8 heteroatoms. The standard InChI is InChI=1S/C34H41ClN4O3/c1-3-42-33-15-13-28(22-32(33)37-17-7-8-18-37)34(41)38-21-20-36(24-27-10-5-4-6-11-27)16-9-19-39(26(2)40)31-23-30(35)14-12-29(31)25-38/h4-6,10-15,22-23H,3,7-9,16-21,24-25H2,1-2H3. The van der Waals surface area contributed by atoms with E-state index in [0.717, 1.165) is 74.7 Å². The normalized spacial score (nSPS) is 16.6. The summed E-state index contributed by atoms with van der Waals surface area (Å²) in [6.45, 7) is 9.90. The van der Waals surface area contributed by atoms with Crippen molar-refractivity contribution in [3.05, 3.63) is 88.4 Å². The van der Waals surface area contributed by atoms with Crippen LogP contribution in [-0.4, -0.2) is 67.5 Å². The number of amides is 2. The van der Waals surface area contributed by atoms with Gasteiger partial charge in [-0.1, -0.05) is 48.0 Å². The molecule has 5 rings (SSSR count). The number of rotatable bonds is 6. The van der Waals surface area contributed by atoms with E-state index in [1.807, 2.05) is 54.3 Å². The quantitative estimate of drug-likeness (QED) is 0.341. The highest BCUT2D eigenvalue weighted by Gasteiger charge is 2.25. The number of halogens is 1. The van der Waals surface area contributed by atoms with Gasteiger partial charge in [0, 0.05) is 69.9 Å². The third-order valence-corrected chi connectivity index (χ3v) is 8.35. The van der Waals surface area contributed by atoms with Crippen molar-refractivity contribution in [2.45, 2.75) is 46.2 Å². The Balaban J connectivity index is 1.49. The topological polar surface area (TPSA) is 56.3 Å². The van der Waals surface area contributed by atoms with Gasteiger partial charge < -0.3 is 19.4 Å². The summed E-state index contributed by atoms with van der Waals surface area (Å²) in [5.41, 5.74) is 4.53. The summed E-state index contributed by atoms with van der Waals surface area (Å²) in [6.07, 6.45) is 3.09. The van der Waals surface area contributed by atoms with Crippen molar-refractivity contribution >= 4 is 34.8 Å². The average Bonchev–Trinajstić information content (AvgIpc) is 3.52. The fourth-order valence-electron chi connectivity index (χ4n) is 5.97. The number of ether oxygens (including phenoxy) is 1. The van der Waals surface area contributed by atoms with E-state index in [2.05, 4.69) is 34.1 Å². The second-order valence-corrected chi connectivity index (χ2v) is 11.5. The van der Waals surface area contributed by atoms with Crippen molar-refractivity contribution in [2.75, 3.05) is 55.7 Å². The first-order valence-electron chi connectivity index (χ1n) is 15.1. The van der Waals surface area contributed by atoms with E-state index < -0.39 is 0 Å².